The van der Waals surface area contributed by atoms with Crippen molar-refractivity contribution in [2.75, 3.05) is 29.9 Å². The standard InChI is InChI=1S/C15H16N4O2/c20-14(18-12-5-2-1-3-6-12)13-11-19(9-10-21-13)15-16-7-4-8-17-15/h1-8,13H,9-11H2,(H,18,20)/t13-/m0/s1. The summed E-state index contributed by atoms with van der Waals surface area (Å²) in [5.41, 5.74) is 0.763. The Balaban J connectivity index is 1.64. The third-order valence-electron chi connectivity index (χ3n) is 3.24. The van der Waals surface area contributed by atoms with Gasteiger partial charge in [0, 0.05) is 24.6 Å². The molecule has 6 nitrogen and oxygen atoms in total. The zero-order valence-electron chi connectivity index (χ0n) is 11.5. The molecular formula is C15H16N4O2. The summed E-state index contributed by atoms with van der Waals surface area (Å²) in [6.07, 6.45) is 2.86. The molecule has 108 valence electrons. The first-order chi connectivity index (χ1) is 10.3. The van der Waals surface area contributed by atoms with Crippen LogP contribution in [-0.4, -0.2) is 41.7 Å². The number of anilines is 2. The van der Waals surface area contributed by atoms with Gasteiger partial charge in [-0.15, -0.1) is 0 Å². The number of nitrogens with zero attached hydrogens (tertiary/aromatic N) is 3. The Morgan fingerprint density at radius 1 is 1.19 bits per heavy atom. The maximum absolute atomic E-state index is 12.2. The fraction of sp³-hybridized carbons (Fsp3) is 0.267. The first-order valence-electron chi connectivity index (χ1n) is 6.82. The Kier molecular flexibility index (Phi) is 4.07. The molecule has 1 aliphatic heterocycles. The minimum Gasteiger partial charge on any atom is -0.365 e. The number of nitrogens with one attached hydrogen (secondary N) is 1. The van der Waals surface area contributed by atoms with Crippen LogP contribution >= 0.6 is 0 Å². The monoisotopic (exact) mass is 284 g/mol. The summed E-state index contributed by atoms with van der Waals surface area (Å²) in [6.45, 7) is 1.60. The van der Waals surface area contributed by atoms with Gasteiger partial charge in [-0.3, -0.25) is 4.79 Å². The molecule has 0 saturated carbocycles. The van der Waals surface area contributed by atoms with Crippen molar-refractivity contribution in [3.05, 3.63) is 48.8 Å². The molecule has 0 unspecified atom stereocenters. The van der Waals surface area contributed by atoms with Crippen LogP contribution in [0.25, 0.3) is 0 Å². The van der Waals surface area contributed by atoms with Gasteiger partial charge in [-0.05, 0) is 18.2 Å². The van der Waals surface area contributed by atoms with E-state index in [1.807, 2.05) is 35.2 Å². The van der Waals surface area contributed by atoms with Gasteiger partial charge in [0.1, 0.15) is 0 Å². The molecule has 0 aliphatic carbocycles. The van der Waals surface area contributed by atoms with Crippen LogP contribution in [0, 0.1) is 0 Å². The predicted molar refractivity (Wildman–Crippen MR) is 79.1 cm³/mol. The lowest BCUT2D eigenvalue weighted by molar-refractivity contribution is -0.128. The number of hydrogen-bond donors (Lipinski definition) is 1. The van der Waals surface area contributed by atoms with E-state index in [1.165, 1.54) is 0 Å². The molecule has 1 aliphatic rings. The van der Waals surface area contributed by atoms with Crippen LogP contribution in [0.15, 0.2) is 48.8 Å². The molecule has 0 bridgehead atoms. The summed E-state index contributed by atoms with van der Waals surface area (Å²) in [5, 5.41) is 2.85. The summed E-state index contributed by atoms with van der Waals surface area (Å²) >= 11 is 0. The molecule has 1 aromatic heterocycles. The quantitative estimate of drug-likeness (QED) is 0.920. The highest BCUT2D eigenvalue weighted by Crippen LogP contribution is 2.14. The summed E-state index contributed by atoms with van der Waals surface area (Å²) in [6, 6.07) is 11.1. The third kappa shape index (κ3) is 3.35. The molecular weight excluding hydrogens is 268 g/mol. The van der Waals surface area contributed by atoms with Crippen LogP contribution < -0.4 is 10.2 Å². The lowest BCUT2D eigenvalue weighted by Gasteiger charge is -2.32. The Morgan fingerprint density at radius 2 is 1.95 bits per heavy atom. The number of aromatic nitrogens is 2. The van der Waals surface area contributed by atoms with Crippen LogP contribution in [0.2, 0.25) is 0 Å². The zero-order chi connectivity index (χ0) is 14.5. The maximum Gasteiger partial charge on any atom is 0.255 e. The van der Waals surface area contributed by atoms with E-state index in [9.17, 15) is 4.79 Å². The number of benzene rings is 1. The number of carbonyl (C=O) groups excluding carboxylic acids is 1. The zero-order valence-corrected chi connectivity index (χ0v) is 11.5. The SMILES string of the molecule is O=C(Nc1ccccc1)[C@@H]1CN(c2ncccn2)CCO1. The number of morpholine rings is 1. The van der Waals surface area contributed by atoms with Crippen molar-refractivity contribution in [1.29, 1.82) is 0 Å². The Labute approximate surface area is 122 Å². The largest absolute Gasteiger partial charge is 0.365 e. The Hall–Kier alpha value is -2.47. The smallest absolute Gasteiger partial charge is 0.255 e. The van der Waals surface area contributed by atoms with E-state index in [4.69, 9.17) is 4.74 Å². The molecule has 0 radical (unpaired) electrons. The molecule has 1 amide bonds. The summed E-state index contributed by atoms with van der Waals surface area (Å²) in [7, 11) is 0. The van der Waals surface area contributed by atoms with Gasteiger partial charge in [0.15, 0.2) is 6.10 Å². The molecule has 3 rings (SSSR count). The number of hydrogen-bond acceptors (Lipinski definition) is 5. The second kappa shape index (κ2) is 6.32. The van der Waals surface area contributed by atoms with E-state index in [1.54, 1.807) is 18.5 Å². The molecule has 1 N–H and O–H groups in total. The fourth-order valence-electron chi connectivity index (χ4n) is 2.19. The highest BCUT2D eigenvalue weighted by Gasteiger charge is 2.27. The highest BCUT2D eigenvalue weighted by molar-refractivity contribution is 5.94. The molecule has 0 spiro atoms. The van der Waals surface area contributed by atoms with Gasteiger partial charge in [-0.25, -0.2) is 9.97 Å². The Morgan fingerprint density at radius 3 is 2.71 bits per heavy atom. The minimum atomic E-state index is -0.525. The number of carbonyl (C=O) groups is 1. The summed E-state index contributed by atoms with van der Waals surface area (Å²) in [5.74, 6) is 0.472. The second-order valence-electron chi connectivity index (χ2n) is 4.71. The van der Waals surface area contributed by atoms with Crippen LogP contribution in [0.3, 0.4) is 0 Å². The van der Waals surface area contributed by atoms with Crippen molar-refractivity contribution in [2.24, 2.45) is 0 Å². The number of amides is 1. The molecule has 1 aromatic carbocycles. The van der Waals surface area contributed by atoms with Gasteiger partial charge < -0.3 is 15.0 Å². The molecule has 6 heteroatoms. The van der Waals surface area contributed by atoms with E-state index in [0.717, 1.165) is 5.69 Å². The lowest BCUT2D eigenvalue weighted by atomic mass is 10.2. The molecule has 2 aromatic rings. The van der Waals surface area contributed by atoms with E-state index in [0.29, 0.717) is 25.6 Å². The average molecular weight is 284 g/mol. The number of para-hydroxylation sites is 1. The molecule has 1 saturated heterocycles. The molecule has 21 heavy (non-hydrogen) atoms. The van der Waals surface area contributed by atoms with Gasteiger partial charge >= 0.3 is 0 Å². The van der Waals surface area contributed by atoms with E-state index >= 15 is 0 Å². The van der Waals surface area contributed by atoms with Crippen molar-refractivity contribution in [2.45, 2.75) is 6.10 Å². The van der Waals surface area contributed by atoms with Gasteiger partial charge in [-0.2, -0.15) is 0 Å². The predicted octanol–water partition coefficient (Wildman–Crippen LogP) is 1.32. The van der Waals surface area contributed by atoms with Gasteiger partial charge in [0.2, 0.25) is 5.95 Å². The first-order valence-corrected chi connectivity index (χ1v) is 6.82. The van der Waals surface area contributed by atoms with E-state index in [-0.39, 0.29) is 5.91 Å². The third-order valence-corrected chi connectivity index (χ3v) is 3.24. The Bertz CT molecular complexity index is 591. The molecule has 2 heterocycles. The van der Waals surface area contributed by atoms with Gasteiger partial charge in [-0.1, -0.05) is 18.2 Å². The van der Waals surface area contributed by atoms with Crippen LogP contribution in [0.4, 0.5) is 11.6 Å². The van der Waals surface area contributed by atoms with Crippen molar-refractivity contribution in [3.8, 4) is 0 Å². The average Bonchev–Trinajstić information content (AvgIpc) is 2.57. The topological polar surface area (TPSA) is 67.4 Å². The van der Waals surface area contributed by atoms with Crippen LogP contribution in [-0.2, 0) is 9.53 Å². The van der Waals surface area contributed by atoms with Crippen molar-refractivity contribution in [1.82, 2.24) is 9.97 Å². The highest BCUT2D eigenvalue weighted by atomic mass is 16.5. The van der Waals surface area contributed by atoms with Crippen molar-refractivity contribution in [3.63, 3.8) is 0 Å². The van der Waals surface area contributed by atoms with Crippen LogP contribution in [0.5, 0.6) is 0 Å². The number of rotatable bonds is 3. The van der Waals surface area contributed by atoms with Gasteiger partial charge in [0.05, 0.1) is 13.2 Å². The second-order valence-corrected chi connectivity index (χ2v) is 4.71. The summed E-state index contributed by atoms with van der Waals surface area (Å²) < 4.78 is 5.55. The van der Waals surface area contributed by atoms with Gasteiger partial charge in [0.25, 0.3) is 5.91 Å². The van der Waals surface area contributed by atoms with Crippen molar-refractivity contribution < 1.29 is 9.53 Å². The molecule has 1 atom stereocenters. The first kappa shape index (κ1) is 13.5. The number of ether oxygens (including phenoxy) is 1. The van der Waals surface area contributed by atoms with E-state index < -0.39 is 6.10 Å². The molecule has 1 fully saturated rings. The van der Waals surface area contributed by atoms with Crippen LogP contribution in [0.1, 0.15) is 0 Å². The van der Waals surface area contributed by atoms with Crippen molar-refractivity contribution >= 4 is 17.5 Å². The maximum atomic E-state index is 12.2. The fourth-order valence-corrected chi connectivity index (χ4v) is 2.19. The summed E-state index contributed by atoms with van der Waals surface area (Å²) in [4.78, 5) is 22.6. The van der Waals surface area contributed by atoms with E-state index in [2.05, 4.69) is 15.3 Å². The normalized spacial score (nSPS) is 18.3. The lowest BCUT2D eigenvalue weighted by Crippen LogP contribution is -2.48. The minimum absolute atomic E-state index is 0.151.